The van der Waals surface area contributed by atoms with Crippen molar-refractivity contribution in [2.75, 3.05) is 29.0 Å². The maximum absolute atomic E-state index is 12.9. The van der Waals surface area contributed by atoms with Crippen molar-refractivity contribution in [3.05, 3.63) is 41.8 Å². The lowest BCUT2D eigenvalue weighted by Gasteiger charge is -2.18. The first-order chi connectivity index (χ1) is 11.5. The van der Waals surface area contributed by atoms with Crippen LogP contribution in [0.4, 0.5) is 26.6 Å². The van der Waals surface area contributed by atoms with Gasteiger partial charge in [0.2, 0.25) is 5.95 Å². The molecule has 8 heteroatoms. The van der Waals surface area contributed by atoms with E-state index >= 15 is 0 Å². The van der Waals surface area contributed by atoms with E-state index < -0.39 is 0 Å². The van der Waals surface area contributed by atoms with Crippen LogP contribution in [-0.4, -0.2) is 35.1 Å². The van der Waals surface area contributed by atoms with Gasteiger partial charge in [-0.3, -0.25) is 0 Å². The van der Waals surface area contributed by atoms with Crippen molar-refractivity contribution in [1.29, 1.82) is 0 Å². The first-order valence-electron chi connectivity index (χ1n) is 7.69. The molecule has 0 unspecified atom stereocenters. The number of halogens is 1. The monoisotopic (exact) mass is 330 g/mol. The normalized spacial score (nSPS) is 16.9. The maximum Gasteiger partial charge on any atom is 0.319 e. The van der Waals surface area contributed by atoms with Crippen LogP contribution in [0, 0.1) is 12.7 Å². The van der Waals surface area contributed by atoms with Crippen LogP contribution in [0.1, 0.15) is 12.1 Å². The number of aryl methyl sites for hydroxylation is 1. The number of aromatic nitrogens is 2. The third kappa shape index (κ3) is 3.89. The van der Waals surface area contributed by atoms with Crippen LogP contribution in [0.25, 0.3) is 0 Å². The minimum Gasteiger partial charge on any atom is -0.368 e. The van der Waals surface area contributed by atoms with Crippen molar-refractivity contribution in [2.24, 2.45) is 0 Å². The van der Waals surface area contributed by atoms with E-state index in [9.17, 15) is 9.18 Å². The summed E-state index contributed by atoms with van der Waals surface area (Å²) in [7, 11) is 0. The highest BCUT2D eigenvalue weighted by Gasteiger charge is 2.25. The summed E-state index contributed by atoms with van der Waals surface area (Å²) in [4.78, 5) is 22.4. The Morgan fingerprint density at radius 2 is 2.08 bits per heavy atom. The number of nitrogens with zero attached hydrogens (tertiary/aromatic N) is 3. The molecule has 24 heavy (non-hydrogen) atoms. The molecular weight excluding hydrogens is 311 g/mol. The largest absolute Gasteiger partial charge is 0.368 e. The molecule has 1 aromatic carbocycles. The number of nitrogen functional groups attached to an aromatic ring is 1. The summed E-state index contributed by atoms with van der Waals surface area (Å²) in [5.41, 5.74) is 7.04. The molecule has 3 rings (SSSR count). The number of nitrogens with two attached hydrogens (primary N) is 1. The van der Waals surface area contributed by atoms with Gasteiger partial charge in [-0.05, 0) is 37.6 Å². The Balaban J connectivity index is 1.55. The van der Waals surface area contributed by atoms with Gasteiger partial charge in [0.15, 0.2) is 0 Å². The highest BCUT2D eigenvalue weighted by molar-refractivity contribution is 5.89. The molecule has 1 fully saturated rings. The van der Waals surface area contributed by atoms with Crippen LogP contribution >= 0.6 is 0 Å². The molecule has 2 amide bonds. The van der Waals surface area contributed by atoms with Crippen LogP contribution in [0.15, 0.2) is 30.3 Å². The van der Waals surface area contributed by atoms with Crippen LogP contribution in [-0.2, 0) is 0 Å². The molecule has 2 heterocycles. The molecule has 1 aromatic heterocycles. The van der Waals surface area contributed by atoms with Gasteiger partial charge in [0.05, 0.1) is 0 Å². The van der Waals surface area contributed by atoms with E-state index in [0.717, 1.165) is 24.5 Å². The third-order valence-electron chi connectivity index (χ3n) is 3.81. The number of anilines is 3. The van der Waals surface area contributed by atoms with Crippen molar-refractivity contribution in [1.82, 2.24) is 15.3 Å². The molecule has 0 spiro atoms. The molecule has 1 aliphatic rings. The van der Waals surface area contributed by atoms with Gasteiger partial charge in [0.1, 0.15) is 11.6 Å². The second-order valence-electron chi connectivity index (χ2n) is 5.76. The summed E-state index contributed by atoms with van der Waals surface area (Å²) in [6, 6.07) is 7.19. The van der Waals surface area contributed by atoms with Gasteiger partial charge < -0.3 is 21.3 Å². The minimum atomic E-state index is -0.341. The average molecular weight is 330 g/mol. The van der Waals surface area contributed by atoms with Gasteiger partial charge in [0, 0.05) is 36.6 Å². The summed E-state index contributed by atoms with van der Waals surface area (Å²) >= 11 is 0. The molecule has 0 bridgehead atoms. The summed E-state index contributed by atoms with van der Waals surface area (Å²) in [5, 5.41) is 5.60. The predicted molar refractivity (Wildman–Crippen MR) is 90.4 cm³/mol. The fourth-order valence-electron chi connectivity index (χ4n) is 2.71. The molecule has 1 aliphatic heterocycles. The topological polar surface area (TPSA) is 96.2 Å². The number of hydrogen-bond acceptors (Lipinski definition) is 5. The summed E-state index contributed by atoms with van der Waals surface area (Å²) < 4.78 is 12.9. The van der Waals surface area contributed by atoms with Gasteiger partial charge in [-0.25, -0.2) is 14.2 Å². The summed E-state index contributed by atoms with van der Waals surface area (Å²) in [5.74, 6) is 0.672. The van der Waals surface area contributed by atoms with Gasteiger partial charge >= 0.3 is 6.03 Å². The Labute approximate surface area is 139 Å². The van der Waals surface area contributed by atoms with Gasteiger partial charge in [-0.1, -0.05) is 0 Å². The highest BCUT2D eigenvalue weighted by Crippen LogP contribution is 2.19. The number of hydrogen-bond donors (Lipinski definition) is 3. The Morgan fingerprint density at radius 1 is 1.33 bits per heavy atom. The quantitative estimate of drug-likeness (QED) is 0.799. The zero-order chi connectivity index (χ0) is 17.1. The first kappa shape index (κ1) is 16.0. The van der Waals surface area contributed by atoms with E-state index in [1.54, 1.807) is 0 Å². The Morgan fingerprint density at radius 3 is 2.79 bits per heavy atom. The maximum atomic E-state index is 12.9. The number of carbonyl (C=O) groups is 1. The number of urea groups is 1. The minimum absolute atomic E-state index is 0.00180. The molecule has 126 valence electrons. The number of nitrogens with one attached hydrogen (secondary N) is 2. The molecule has 0 aliphatic carbocycles. The number of rotatable bonds is 3. The van der Waals surface area contributed by atoms with Crippen LogP contribution in [0.2, 0.25) is 0 Å². The lowest BCUT2D eigenvalue weighted by atomic mass is 10.3. The second-order valence-corrected chi connectivity index (χ2v) is 5.76. The lowest BCUT2D eigenvalue weighted by molar-refractivity contribution is 0.249. The van der Waals surface area contributed by atoms with Gasteiger partial charge in [0.25, 0.3) is 0 Å². The van der Waals surface area contributed by atoms with Crippen molar-refractivity contribution >= 4 is 23.5 Å². The molecule has 1 atom stereocenters. The van der Waals surface area contributed by atoms with E-state index in [2.05, 4.69) is 25.5 Å². The van der Waals surface area contributed by atoms with E-state index in [0.29, 0.717) is 12.2 Å². The number of carbonyl (C=O) groups excluding carboxylic acids is 1. The Bertz CT molecular complexity index is 716. The molecule has 1 saturated heterocycles. The highest BCUT2D eigenvalue weighted by atomic mass is 19.1. The third-order valence-corrected chi connectivity index (χ3v) is 3.81. The van der Waals surface area contributed by atoms with Crippen LogP contribution < -0.4 is 21.3 Å². The first-order valence-corrected chi connectivity index (χ1v) is 7.69. The fraction of sp³-hybridized carbons (Fsp3) is 0.312. The molecule has 0 saturated carbocycles. The Kier molecular flexibility index (Phi) is 4.45. The van der Waals surface area contributed by atoms with Crippen molar-refractivity contribution in [2.45, 2.75) is 19.4 Å². The van der Waals surface area contributed by atoms with Crippen molar-refractivity contribution in [3.8, 4) is 0 Å². The average Bonchev–Trinajstić information content (AvgIpc) is 2.97. The summed E-state index contributed by atoms with van der Waals surface area (Å²) in [6.45, 7) is 3.29. The van der Waals surface area contributed by atoms with Crippen LogP contribution in [0.5, 0.6) is 0 Å². The summed E-state index contributed by atoms with van der Waals surface area (Å²) in [6.07, 6.45) is 0.805. The SMILES string of the molecule is Cc1cc(N2CC[C@@H](NC(=O)Nc3ccc(F)cc3)C2)nc(N)n1. The predicted octanol–water partition coefficient (Wildman–Crippen LogP) is 1.91. The van der Waals surface area contributed by atoms with Gasteiger partial charge in [-0.15, -0.1) is 0 Å². The fourth-order valence-corrected chi connectivity index (χ4v) is 2.71. The van der Waals surface area contributed by atoms with E-state index in [-0.39, 0.29) is 23.8 Å². The molecule has 7 nitrogen and oxygen atoms in total. The zero-order valence-electron chi connectivity index (χ0n) is 13.3. The molecule has 0 radical (unpaired) electrons. The van der Waals surface area contributed by atoms with Gasteiger partial charge in [-0.2, -0.15) is 4.98 Å². The second kappa shape index (κ2) is 6.69. The van der Waals surface area contributed by atoms with E-state index in [1.165, 1.54) is 24.3 Å². The number of benzene rings is 1. The molecule has 4 N–H and O–H groups in total. The van der Waals surface area contributed by atoms with E-state index in [4.69, 9.17) is 5.73 Å². The zero-order valence-corrected chi connectivity index (χ0v) is 13.3. The number of amides is 2. The van der Waals surface area contributed by atoms with Crippen molar-refractivity contribution in [3.63, 3.8) is 0 Å². The van der Waals surface area contributed by atoms with E-state index in [1.807, 2.05) is 13.0 Å². The standard InChI is InChI=1S/C16H19FN6O/c1-10-8-14(22-15(18)19-10)23-7-6-13(9-23)21-16(24)20-12-4-2-11(17)3-5-12/h2-5,8,13H,6-7,9H2,1H3,(H2,18,19,22)(H2,20,21,24)/t13-/m1/s1. The smallest absolute Gasteiger partial charge is 0.319 e. The molecular formula is C16H19FN6O. The lowest BCUT2D eigenvalue weighted by Crippen LogP contribution is -2.39. The van der Waals surface area contributed by atoms with Crippen molar-refractivity contribution < 1.29 is 9.18 Å². The molecule has 2 aromatic rings. The Hall–Kier alpha value is -2.90. The van der Waals surface area contributed by atoms with Crippen LogP contribution in [0.3, 0.4) is 0 Å².